The fourth-order valence-electron chi connectivity index (χ4n) is 9.06. The van der Waals surface area contributed by atoms with Crippen LogP contribution in [0.15, 0.2) is 209 Å². The second-order valence-electron chi connectivity index (χ2n) is 14.8. The first-order valence-corrected chi connectivity index (χ1v) is 19.4. The van der Waals surface area contributed by atoms with Crippen LogP contribution in [0.25, 0.3) is 98.4 Å². The van der Waals surface area contributed by atoms with Crippen molar-refractivity contribution in [2.75, 3.05) is 4.90 Å². The summed E-state index contributed by atoms with van der Waals surface area (Å²) in [6.07, 6.45) is 0. The topological polar surface area (TPSA) is 29.5 Å². The Balaban J connectivity index is 1.08. The summed E-state index contributed by atoms with van der Waals surface area (Å²) in [7, 11) is 0. The normalized spacial score (nSPS) is 11.9. The summed E-state index contributed by atoms with van der Waals surface area (Å²) in [6.45, 7) is 0. The van der Waals surface area contributed by atoms with E-state index in [0.717, 1.165) is 82.8 Å². The van der Waals surface area contributed by atoms with Gasteiger partial charge in [0, 0.05) is 32.9 Å². The molecule has 266 valence electrons. The largest absolute Gasteiger partial charge is 0.456 e. The molecule has 0 saturated heterocycles. The molecule has 0 atom stereocenters. The van der Waals surface area contributed by atoms with E-state index in [0.29, 0.717) is 0 Å². The van der Waals surface area contributed by atoms with Gasteiger partial charge in [0.15, 0.2) is 0 Å². The Labute approximate surface area is 328 Å². The molecule has 0 unspecified atom stereocenters. The number of rotatable bonds is 5. The molecule has 0 aliphatic carbocycles. The lowest BCUT2D eigenvalue weighted by atomic mass is 9.93. The van der Waals surface area contributed by atoms with Gasteiger partial charge in [0.05, 0.1) is 11.1 Å². The van der Waals surface area contributed by atoms with E-state index in [4.69, 9.17) is 8.83 Å². The molecular formula is C54H33NO2. The molecule has 0 saturated carbocycles. The first kappa shape index (κ1) is 31.7. The van der Waals surface area contributed by atoms with Crippen molar-refractivity contribution >= 4 is 93.3 Å². The number of hydrogen-bond donors (Lipinski definition) is 0. The zero-order valence-corrected chi connectivity index (χ0v) is 30.8. The quantitative estimate of drug-likeness (QED) is 0.165. The molecule has 0 bridgehead atoms. The van der Waals surface area contributed by atoms with Crippen molar-refractivity contribution in [3.63, 3.8) is 0 Å². The number of para-hydroxylation sites is 1. The van der Waals surface area contributed by atoms with Gasteiger partial charge in [0.25, 0.3) is 0 Å². The van der Waals surface area contributed by atoms with Crippen molar-refractivity contribution in [2.45, 2.75) is 0 Å². The van der Waals surface area contributed by atoms with Crippen LogP contribution >= 0.6 is 0 Å². The van der Waals surface area contributed by atoms with E-state index in [1.807, 2.05) is 12.1 Å². The van der Waals surface area contributed by atoms with Crippen LogP contribution < -0.4 is 4.90 Å². The van der Waals surface area contributed by atoms with E-state index in [9.17, 15) is 0 Å². The number of anilines is 3. The summed E-state index contributed by atoms with van der Waals surface area (Å²) in [6, 6.07) is 71.6. The maximum atomic E-state index is 6.72. The van der Waals surface area contributed by atoms with Gasteiger partial charge >= 0.3 is 0 Å². The van der Waals surface area contributed by atoms with Gasteiger partial charge in [-0.05, 0) is 110 Å². The van der Waals surface area contributed by atoms with Crippen LogP contribution in [0.2, 0.25) is 0 Å². The number of benzene rings is 10. The SMILES string of the molecule is c1cc(-c2cccc3oc4ccccc4c23)cc(N(c2ccc(-c3cc4ccccc4c4ccccc34)cc2)c2cccc3oc4c5ccccc5ccc4c23)c1. The van der Waals surface area contributed by atoms with E-state index in [1.165, 1.54) is 32.7 Å². The maximum absolute atomic E-state index is 6.72. The lowest BCUT2D eigenvalue weighted by molar-refractivity contribution is 0.669. The molecular weight excluding hydrogens is 695 g/mol. The fraction of sp³-hybridized carbons (Fsp3) is 0. The molecule has 0 radical (unpaired) electrons. The van der Waals surface area contributed by atoms with Gasteiger partial charge in [0.1, 0.15) is 22.3 Å². The third-order valence-electron chi connectivity index (χ3n) is 11.6. The molecule has 57 heavy (non-hydrogen) atoms. The van der Waals surface area contributed by atoms with Crippen molar-refractivity contribution in [1.82, 2.24) is 0 Å². The van der Waals surface area contributed by atoms with Crippen molar-refractivity contribution in [1.29, 1.82) is 0 Å². The molecule has 0 aliphatic heterocycles. The number of hydrogen-bond acceptors (Lipinski definition) is 3. The summed E-state index contributed by atoms with van der Waals surface area (Å²) in [5.41, 5.74) is 11.3. The van der Waals surface area contributed by atoms with E-state index in [1.54, 1.807) is 0 Å². The summed E-state index contributed by atoms with van der Waals surface area (Å²) in [5.74, 6) is 0. The standard InChI is InChI=1S/C54H33NO2/c1-4-17-42-34(12-1)28-31-46-53-48(22-11-25-51(53)57-54(42)46)55(39-15-9-14-36(32-39)41-21-10-24-50-52(41)45-20-7-8-23-49(45)56-50)38-29-26-35(27-30-38)47-33-37-13-2-3-16-40(37)43-18-5-6-19-44(43)47/h1-33H. The third kappa shape index (κ3) is 4.92. The molecule has 12 rings (SSSR count). The molecule has 3 heteroatoms. The van der Waals surface area contributed by atoms with Crippen LogP contribution in [-0.2, 0) is 0 Å². The predicted octanol–water partition coefficient (Wildman–Crippen LogP) is 15.7. The Morgan fingerprint density at radius 2 is 0.982 bits per heavy atom. The highest BCUT2D eigenvalue weighted by Gasteiger charge is 2.22. The van der Waals surface area contributed by atoms with Crippen molar-refractivity contribution in [3.05, 3.63) is 200 Å². The Morgan fingerprint density at radius 3 is 1.84 bits per heavy atom. The zero-order valence-electron chi connectivity index (χ0n) is 30.8. The van der Waals surface area contributed by atoms with Gasteiger partial charge < -0.3 is 13.7 Å². The number of furan rings is 2. The molecule has 0 fully saturated rings. The minimum Gasteiger partial charge on any atom is -0.456 e. The zero-order chi connectivity index (χ0) is 37.5. The van der Waals surface area contributed by atoms with Crippen LogP contribution in [0.1, 0.15) is 0 Å². The van der Waals surface area contributed by atoms with E-state index >= 15 is 0 Å². The van der Waals surface area contributed by atoms with Gasteiger partial charge in [-0.2, -0.15) is 0 Å². The van der Waals surface area contributed by atoms with Gasteiger partial charge in [0.2, 0.25) is 0 Å². The average Bonchev–Trinajstić information content (AvgIpc) is 3.86. The maximum Gasteiger partial charge on any atom is 0.143 e. The first-order valence-electron chi connectivity index (χ1n) is 19.4. The summed E-state index contributed by atoms with van der Waals surface area (Å²) >= 11 is 0. The van der Waals surface area contributed by atoms with Crippen molar-refractivity contribution in [2.24, 2.45) is 0 Å². The van der Waals surface area contributed by atoms with Gasteiger partial charge in [-0.15, -0.1) is 0 Å². The molecule has 0 aliphatic rings. The van der Waals surface area contributed by atoms with E-state index in [2.05, 4.69) is 193 Å². The number of fused-ring (bicyclic) bond motifs is 11. The van der Waals surface area contributed by atoms with Crippen LogP contribution in [0.4, 0.5) is 17.1 Å². The summed E-state index contributed by atoms with van der Waals surface area (Å²) < 4.78 is 13.0. The smallest absolute Gasteiger partial charge is 0.143 e. The van der Waals surface area contributed by atoms with Gasteiger partial charge in [-0.25, -0.2) is 0 Å². The van der Waals surface area contributed by atoms with E-state index in [-0.39, 0.29) is 0 Å². The highest BCUT2D eigenvalue weighted by atomic mass is 16.3. The van der Waals surface area contributed by atoms with Gasteiger partial charge in [-0.1, -0.05) is 140 Å². The lowest BCUT2D eigenvalue weighted by Gasteiger charge is -2.27. The van der Waals surface area contributed by atoms with Crippen LogP contribution in [-0.4, -0.2) is 0 Å². The highest BCUT2D eigenvalue weighted by Crippen LogP contribution is 2.46. The third-order valence-corrected chi connectivity index (χ3v) is 11.6. The van der Waals surface area contributed by atoms with Crippen molar-refractivity contribution in [3.8, 4) is 22.3 Å². The second kappa shape index (κ2) is 12.5. The summed E-state index contributed by atoms with van der Waals surface area (Å²) in [5, 5.41) is 11.7. The van der Waals surface area contributed by atoms with E-state index < -0.39 is 0 Å². The van der Waals surface area contributed by atoms with Crippen molar-refractivity contribution < 1.29 is 8.83 Å². The molecule has 2 aromatic heterocycles. The van der Waals surface area contributed by atoms with Crippen LogP contribution in [0.5, 0.6) is 0 Å². The number of nitrogens with zero attached hydrogens (tertiary/aromatic N) is 1. The Hall–Kier alpha value is -7.62. The lowest BCUT2D eigenvalue weighted by Crippen LogP contribution is -2.10. The highest BCUT2D eigenvalue weighted by molar-refractivity contribution is 6.20. The molecule has 12 aromatic rings. The molecule has 0 spiro atoms. The molecule has 3 nitrogen and oxygen atoms in total. The Morgan fingerprint density at radius 1 is 0.316 bits per heavy atom. The minimum atomic E-state index is 0.855. The van der Waals surface area contributed by atoms with Crippen LogP contribution in [0.3, 0.4) is 0 Å². The fourth-order valence-corrected chi connectivity index (χ4v) is 9.06. The molecule has 10 aromatic carbocycles. The Kier molecular flexibility index (Phi) is 6.93. The predicted molar refractivity (Wildman–Crippen MR) is 239 cm³/mol. The van der Waals surface area contributed by atoms with Crippen LogP contribution in [0, 0.1) is 0 Å². The monoisotopic (exact) mass is 727 g/mol. The molecule has 0 N–H and O–H groups in total. The summed E-state index contributed by atoms with van der Waals surface area (Å²) in [4.78, 5) is 2.38. The molecule has 2 heterocycles. The Bertz CT molecular complexity index is 3530. The molecule has 0 amide bonds. The van der Waals surface area contributed by atoms with Gasteiger partial charge in [-0.3, -0.25) is 0 Å². The average molecular weight is 728 g/mol. The first-order chi connectivity index (χ1) is 28.3. The second-order valence-corrected chi connectivity index (χ2v) is 14.8. The minimum absolute atomic E-state index is 0.855.